The molecule has 1 unspecified atom stereocenters. The molecule has 3 fully saturated rings. The third kappa shape index (κ3) is 3.49. The van der Waals surface area contributed by atoms with Gasteiger partial charge in [0, 0.05) is 49.6 Å². The van der Waals surface area contributed by atoms with Gasteiger partial charge < -0.3 is 10.2 Å². The van der Waals surface area contributed by atoms with E-state index >= 15 is 0 Å². The average Bonchev–Trinajstić information content (AvgIpc) is 3.22. The second-order valence-electron chi connectivity index (χ2n) is 9.46. The lowest BCUT2D eigenvalue weighted by Crippen LogP contribution is -2.65. The summed E-state index contributed by atoms with van der Waals surface area (Å²) in [6.07, 6.45) is 2.01. The molecule has 1 atom stereocenters. The molecule has 2 aliphatic heterocycles. The van der Waals surface area contributed by atoms with Crippen molar-refractivity contribution in [3.8, 4) is 0 Å². The van der Waals surface area contributed by atoms with Gasteiger partial charge in [-0.1, -0.05) is 37.3 Å². The van der Waals surface area contributed by atoms with Gasteiger partial charge in [-0.25, -0.2) is 0 Å². The van der Waals surface area contributed by atoms with E-state index < -0.39 is 0 Å². The van der Waals surface area contributed by atoms with Crippen LogP contribution in [-0.2, 0) is 16.1 Å². The van der Waals surface area contributed by atoms with Crippen molar-refractivity contribution in [3.63, 3.8) is 0 Å². The molecule has 1 spiro atoms. The van der Waals surface area contributed by atoms with Crippen LogP contribution in [0.5, 0.6) is 0 Å². The monoisotopic (exact) mass is 369 g/mol. The van der Waals surface area contributed by atoms with Crippen molar-refractivity contribution in [1.82, 2.24) is 15.1 Å². The molecular formula is C22H31N3O2. The highest BCUT2D eigenvalue weighted by Crippen LogP contribution is 2.51. The Bertz CT molecular complexity index is 720. The zero-order valence-electron chi connectivity index (χ0n) is 16.7. The van der Waals surface area contributed by atoms with Crippen LogP contribution in [0.3, 0.4) is 0 Å². The van der Waals surface area contributed by atoms with Crippen LogP contribution in [0, 0.1) is 16.7 Å². The predicted molar refractivity (Wildman–Crippen MR) is 105 cm³/mol. The molecule has 5 nitrogen and oxygen atoms in total. The second-order valence-corrected chi connectivity index (χ2v) is 9.46. The van der Waals surface area contributed by atoms with Crippen LogP contribution >= 0.6 is 0 Å². The van der Waals surface area contributed by atoms with E-state index in [9.17, 15) is 9.59 Å². The molecule has 0 bridgehead atoms. The van der Waals surface area contributed by atoms with Gasteiger partial charge in [-0.05, 0) is 32.3 Å². The quantitative estimate of drug-likeness (QED) is 0.866. The Hall–Kier alpha value is -1.88. The van der Waals surface area contributed by atoms with Gasteiger partial charge in [-0.3, -0.25) is 14.5 Å². The van der Waals surface area contributed by atoms with Crippen LogP contribution in [0.4, 0.5) is 0 Å². The predicted octanol–water partition coefficient (Wildman–Crippen LogP) is 2.27. The lowest BCUT2D eigenvalue weighted by atomic mass is 9.70. The zero-order valence-corrected chi connectivity index (χ0v) is 16.7. The molecular weight excluding hydrogens is 338 g/mol. The van der Waals surface area contributed by atoms with Crippen LogP contribution in [0.2, 0.25) is 0 Å². The molecule has 3 aliphatic rings. The third-order valence-electron chi connectivity index (χ3n) is 6.53. The van der Waals surface area contributed by atoms with Crippen molar-refractivity contribution in [1.29, 1.82) is 0 Å². The number of likely N-dealkylation sites (tertiary alicyclic amines) is 2. The first kappa shape index (κ1) is 18.5. The van der Waals surface area contributed by atoms with Crippen LogP contribution in [-0.4, -0.2) is 53.8 Å². The molecule has 2 heterocycles. The summed E-state index contributed by atoms with van der Waals surface area (Å²) in [5, 5.41) is 3.11. The number of nitrogens with one attached hydrogen (secondary N) is 1. The summed E-state index contributed by atoms with van der Waals surface area (Å²) < 4.78 is 0. The Kier molecular flexibility index (Phi) is 4.53. The van der Waals surface area contributed by atoms with Crippen LogP contribution in [0.25, 0.3) is 0 Å². The molecule has 1 N–H and O–H groups in total. The molecule has 146 valence electrons. The van der Waals surface area contributed by atoms with Gasteiger partial charge in [0.2, 0.25) is 11.8 Å². The first-order valence-corrected chi connectivity index (χ1v) is 10.2. The fraction of sp³-hybridized carbons (Fsp3) is 0.636. The van der Waals surface area contributed by atoms with E-state index in [2.05, 4.69) is 41.4 Å². The van der Waals surface area contributed by atoms with Gasteiger partial charge >= 0.3 is 0 Å². The fourth-order valence-corrected chi connectivity index (χ4v) is 4.74. The molecule has 5 heteroatoms. The Labute approximate surface area is 162 Å². The van der Waals surface area contributed by atoms with E-state index in [0.717, 1.165) is 45.6 Å². The summed E-state index contributed by atoms with van der Waals surface area (Å²) in [5.74, 6) is 0.391. The van der Waals surface area contributed by atoms with Crippen LogP contribution in [0.1, 0.15) is 39.2 Å². The molecule has 0 aromatic heterocycles. The van der Waals surface area contributed by atoms with E-state index in [1.165, 1.54) is 5.56 Å². The van der Waals surface area contributed by atoms with Gasteiger partial charge in [0.1, 0.15) is 0 Å². The molecule has 1 aromatic rings. The van der Waals surface area contributed by atoms with Crippen molar-refractivity contribution >= 4 is 11.8 Å². The maximum absolute atomic E-state index is 12.9. The molecule has 0 radical (unpaired) electrons. The Balaban J connectivity index is 1.47. The minimum atomic E-state index is -0.125. The van der Waals surface area contributed by atoms with Gasteiger partial charge in [0.25, 0.3) is 0 Å². The molecule has 4 rings (SSSR count). The van der Waals surface area contributed by atoms with Crippen molar-refractivity contribution in [2.75, 3.05) is 26.2 Å². The van der Waals surface area contributed by atoms with Gasteiger partial charge in [0.15, 0.2) is 0 Å². The largest absolute Gasteiger partial charge is 0.354 e. The van der Waals surface area contributed by atoms with E-state index in [4.69, 9.17) is 0 Å². The summed E-state index contributed by atoms with van der Waals surface area (Å²) >= 11 is 0. The third-order valence-corrected chi connectivity index (χ3v) is 6.53. The zero-order chi connectivity index (χ0) is 19.2. The number of amides is 2. The lowest BCUT2D eigenvalue weighted by Gasteiger charge is -2.51. The molecule has 2 amide bonds. The SMILES string of the molecule is CC(C)NC(=O)C1CN(Cc2ccccc2)CC12CN(C(=O)C1(C)CC1)C2. The second kappa shape index (κ2) is 6.62. The highest BCUT2D eigenvalue weighted by Gasteiger charge is 2.60. The minimum Gasteiger partial charge on any atom is -0.354 e. The Morgan fingerprint density at radius 2 is 1.81 bits per heavy atom. The van der Waals surface area contributed by atoms with Gasteiger partial charge in [0.05, 0.1) is 5.92 Å². The number of nitrogens with zero attached hydrogens (tertiary/aromatic N) is 2. The van der Waals surface area contributed by atoms with E-state index in [-0.39, 0.29) is 34.6 Å². The number of rotatable bonds is 5. The topological polar surface area (TPSA) is 52.7 Å². The summed E-state index contributed by atoms with van der Waals surface area (Å²) in [6.45, 7) is 10.0. The maximum Gasteiger partial charge on any atom is 0.228 e. The van der Waals surface area contributed by atoms with E-state index in [0.29, 0.717) is 0 Å². The molecule has 1 aliphatic carbocycles. The maximum atomic E-state index is 12.9. The number of carbonyl (C=O) groups is 2. The Morgan fingerprint density at radius 1 is 1.15 bits per heavy atom. The van der Waals surface area contributed by atoms with Crippen molar-refractivity contribution in [2.24, 2.45) is 16.7 Å². The lowest BCUT2D eigenvalue weighted by molar-refractivity contribution is -0.154. The number of hydrogen-bond acceptors (Lipinski definition) is 3. The summed E-state index contributed by atoms with van der Waals surface area (Å²) in [5.41, 5.74) is 1.06. The van der Waals surface area contributed by atoms with E-state index in [1.807, 2.05) is 24.8 Å². The van der Waals surface area contributed by atoms with Crippen molar-refractivity contribution < 1.29 is 9.59 Å². The number of hydrogen-bond donors (Lipinski definition) is 1. The average molecular weight is 370 g/mol. The summed E-state index contributed by atoms with van der Waals surface area (Å²) in [4.78, 5) is 30.0. The molecule has 1 aromatic carbocycles. The highest BCUT2D eigenvalue weighted by molar-refractivity contribution is 5.87. The molecule has 2 saturated heterocycles. The van der Waals surface area contributed by atoms with Crippen molar-refractivity contribution in [2.45, 2.75) is 46.2 Å². The minimum absolute atomic E-state index is 0.0420. The van der Waals surface area contributed by atoms with Gasteiger partial charge in [-0.2, -0.15) is 0 Å². The first-order valence-electron chi connectivity index (χ1n) is 10.2. The number of carbonyl (C=O) groups excluding carboxylic acids is 2. The smallest absolute Gasteiger partial charge is 0.228 e. The first-order chi connectivity index (χ1) is 12.8. The van der Waals surface area contributed by atoms with Crippen molar-refractivity contribution in [3.05, 3.63) is 35.9 Å². The van der Waals surface area contributed by atoms with Crippen LogP contribution in [0.15, 0.2) is 30.3 Å². The van der Waals surface area contributed by atoms with E-state index in [1.54, 1.807) is 0 Å². The summed E-state index contributed by atoms with van der Waals surface area (Å²) in [6, 6.07) is 10.6. The normalized spacial score (nSPS) is 25.5. The number of benzene rings is 1. The highest BCUT2D eigenvalue weighted by atomic mass is 16.2. The van der Waals surface area contributed by atoms with Crippen LogP contribution < -0.4 is 5.32 Å². The Morgan fingerprint density at radius 3 is 2.41 bits per heavy atom. The summed E-state index contributed by atoms with van der Waals surface area (Å²) in [7, 11) is 0. The fourth-order valence-electron chi connectivity index (χ4n) is 4.74. The molecule has 27 heavy (non-hydrogen) atoms. The van der Waals surface area contributed by atoms with Gasteiger partial charge in [-0.15, -0.1) is 0 Å². The molecule has 1 saturated carbocycles. The standard InChI is InChI=1S/C22H31N3O2/c1-16(2)23-19(26)18-12-24(11-17-7-5-4-6-8-17)13-22(18)14-25(15-22)20(27)21(3)9-10-21/h4-8,16,18H,9-15H2,1-3H3,(H,23,26).